The Labute approximate surface area is 163 Å². The maximum absolute atomic E-state index is 12.6. The average Bonchev–Trinajstić information content (AvgIpc) is 2.96. The second-order valence-corrected chi connectivity index (χ2v) is 7.24. The van der Waals surface area contributed by atoms with E-state index in [0.717, 1.165) is 10.9 Å². The maximum atomic E-state index is 12.6. The normalized spacial score (nSPS) is 13.2. The number of aromatic nitrogens is 1. The second kappa shape index (κ2) is 8.77. The number of carbonyl (C=O) groups excluding carboxylic acids is 2. The number of ether oxygens (including phenoxy) is 1. The number of methoxy groups -OCH3 is 1. The number of aliphatic carboxylic acids is 1. The zero-order chi connectivity index (χ0) is 21.0. The molecule has 0 fully saturated rings. The van der Waals surface area contributed by atoms with Gasteiger partial charge in [0.2, 0.25) is 5.91 Å². The minimum Gasteiger partial charge on any atom is -0.497 e. The fourth-order valence-electron chi connectivity index (χ4n) is 3.00. The lowest BCUT2D eigenvalue weighted by atomic mass is 10.0. The van der Waals surface area contributed by atoms with Crippen molar-refractivity contribution < 1.29 is 24.2 Å². The van der Waals surface area contributed by atoms with Gasteiger partial charge in [-0.2, -0.15) is 0 Å². The number of hydrogen-bond acceptors (Lipinski definition) is 4. The zero-order valence-electron chi connectivity index (χ0n) is 16.8. The summed E-state index contributed by atoms with van der Waals surface area (Å²) in [6.07, 6.45) is 0.312. The van der Waals surface area contributed by atoms with Gasteiger partial charge in [0.25, 0.3) is 5.91 Å². The number of nitrogens with zero attached hydrogens (tertiary/aromatic N) is 1. The van der Waals surface area contributed by atoms with Crippen molar-refractivity contribution in [3.05, 3.63) is 30.0 Å². The van der Waals surface area contributed by atoms with E-state index < -0.39 is 29.9 Å². The lowest BCUT2D eigenvalue weighted by Gasteiger charge is -2.20. The molecule has 152 valence electrons. The molecule has 2 aromatic rings. The predicted molar refractivity (Wildman–Crippen MR) is 105 cm³/mol. The summed E-state index contributed by atoms with van der Waals surface area (Å²) >= 11 is 0. The number of rotatable bonds is 8. The molecule has 2 rings (SSSR count). The summed E-state index contributed by atoms with van der Waals surface area (Å²) in [6, 6.07) is 5.33. The molecule has 1 aromatic carbocycles. The van der Waals surface area contributed by atoms with Crippen LogP contribution in [0.4, 0.5) is 0 Å². The highest BCUT2D eigenvalue weighted by Crippen LogP contribution is 2.23. The summed E-state index contributed by atoms with van der Waals surface area (Å²) < 4.78 is 6.93. The van der Waals surface area contributed by atoms with Crippen molar-refractivity contribution in [2.75, 3.05) is 7.11 Å². The molecule has 0 aliphatic heterocycles. The van der Waals surface area contributed by atoms with Crippen molar-refractivity contribution in [1.82, 2.24) is 15.2 Å². The lowest BCUT2D eigenvalue weighted by Crippen LogP contribution is -2.50. The van der Waals surface area contributed by atoms with E-state index in [1.165, 1.54) is 6.92 Å². The van der Waals surface area contributed by atoms with Crippen molar-refractivity contribution in [3.8, 4) is 5.75 Å². The number of carboxylic acids is 1. The van der Waals surface area contributed by atoms with Crippen LogP contribution in [0.25, 0.3) is 10.9 Å². The number of amides is 2. The fourth-order valence-corrected chi connectivity index (χ4v) is 3.00. The molecule has 0 radical (unpaired) electrons. The van der Waals surface area contributed by atoms with Gasteiger partial charge in [0.15, 0.2) is 0 Å². The molecule has 0 aliphatic rings. The molecule has 8 heteroatoms. The first kappa shape index (κ1) is 21.3. The smallest absolute Gasteiger partial charge is 0.326 e. The first-order valence-electron chi connectivity index (χ1n) is 9.11. The number of fused-ring (bicyclic) bond motifs is 1. The molecule has 0 saturated heterocycles. The van der Waals surface area contributed by atoms with Crippen LogP contribution in [0.2, 0.25) is 0 Å². The van der Waals surface area contributed by atoms with E-state index in [2.05, 4.69) is 10.6 Å². The van der Waals surface area contributed by atoms with E-state index >= 15 is 0 Å². The van der Waals surface area contributed by atoms with Crippen molar-refractivity contribution in [3.63, 3.8) is 0 Å². The van der Waals surface area contributed by atoms with Crippen LogP contribution in [0.15, 0.2) is 24.3 Å². The Morgan fingerprint density at radius 2 is 1.82 bits per heavy atom. The SMILES string of the molecule is COc1ccc2c(c1)cc(C(=O)NC(C)C(=O)NC(CC(C)C)C(=O)O)n2C. The standard InChI is InChI=1S/C20H27N3O5/c1-11(2)8-15(20(26)27)22-18(24)12(3)21-19(25)17-10-13-9-14(28-5)6-7-16(13)23(17)4/h6-7,9-12,15H,8H2,1-5H3,(H,21,25)(H,22,24)(H,26,27). The minimum absolute atomic E-state index is 0.110. The Hall–Kier alpha value is -3.03. The van der Waals surface area contributed by atoms with Gasteiger partial charge >= 0.3 is 5.97 Å². The summed E-state index contributed by atoms with van der Waals surface area (Å²) in [5.41, 5.74) is 1.24. The first-order valence-corrected chi connectivity index (χ1v) is 9.11. The zero-order valence-corrected chi connectivity index (χ0v) is 16.8. The number of benzene rings is 1. The van der Waals surface area contributed by atoms with E-state index in [1.807, 2.05) is 26.0 Å². The van der Waals surface area contributed by atoms with E-state index in [-0.39, 0.29) is 5.92 Å². The molecule has 0 bridgehead atoms. The highest BCUT2D eigenvalue weighted by atomic mass is 16.5. The van der Waals surface area contributed by atoms with Crippen molar-refractivity contribution in [2.24, 2.45) is 13.0 Å². The Morgan fingerprint density at radius 1 is 1.14 bits per heavy atom. The summed E-state index contributed by atoms with van der Waals surface area (Å²) in [6.45, 7) is 5.28. The van der Waals surface area contributed by atoms with Crippen LogP contribution in [-0.2, 0) is 16.6 Å². The quantitative estimate of drug-likeness (QED) is 0.639. The number of aryl methyl sites for hydroxylation is 1. The third kappa shape index (κ3) is 4.82. The molecule has 2 unspecified atom stereocenters. The van der Waals surface area contributed by atoms with Crippen LogP contribution >= 0.6 is 0 Å². The van der Waals surface area contributed by atoms with Gasteiger partial charge in [-0.05, 0) is 43.5 Å². The van der Waals surface area contributed by atoms with Gasteiger partial charge < -0.3 is 25.0 Å². The summed E-state index contributed by atoms with van der Waals surface area (Å²) in [5.74, 6) is -1.26. The van der Waals surface area contributed by atoms with E-state index in [0.29, 0.717) is 17.9 Å². The molecule has 0 saturated carbocycles. The van der Waals surface area contributed by atoms with Crippen molar-refractivity contribution in [1.29, 1.82) is 0 Å². The lowest BCUT2D eigenvalue weighted by molar-refractivity contribution is -0.142. The molecule has 8 nitrogen and oxygen atoms in total. The number of carbonyl (C=O) groups is 3. The minimum atomic E-state index is -1.09. The number of nitrogens with one attached hydrogen (secondary N) is 2. The Balaban J connectivity index is 2.11. The van der Waals surface area contributed by atoms with Crippen LogP contribution in [-0.4, -0.2) is 46.7 Å². The maximum Gasteiger partial charge on any atom is 0.326 e. The molecular weight excluding hydrogens is 362 g/mol. The largest absolute Gasteiger partial charge is 0.497 e. The molecule has 3 N–H and O–H groups in total. The van der Waals surface area contributed by atoms with Gasteiger partial charge in [-0.3, -0.25) is 9.59 Å². The monoisotopic (exact) mass is 389 g/mol. The third-order valence-corrected chi connectivity index (χ3v) is 4.54. The van der Waals surface area contributed by atoms with Crippen LogP contribution in [0, 0.1) is 5.92 Å². The van der Waals surface area contributed by atoms with Crippen molar-refractivity contribution >= 4 is 28.7 Å². The van der Waals surface area contributed by atoms with Gasteiger partial charge in [0, 0.05) is 18.0 Å². The highest BCUT2D eigenvalue weighted by molar-refractivity contribution is 6.01. The van der Waals surface area contributed by atoms with Crippen molar-refractivity contribution in [2.45, 2.75) is 39.3 Å². The average molecular weight is 389 g/mol. The summed E-state index contributed by atoms with van der Waals surface area (Å²) in [4.78, 5) is 36.3. The molecule has 0 aliphatic carbocycles. The molecule has 2 amide bonds. The molecule has 28 heavy (non-hydrogen) atoms. The Bertz CT molecular complexity index is 887. The van der Waals surface area contributed by atoms with Crippen LogP contribution < -0.4 is 15.4 Å². The molecule has 1 heterocycles. The molecule has 2 atom stereocenters. The third-order valence-electron chi connectivity index (χ3n) is 4.54. The van der Waals surface area contributed by atoms with Gasteiger partial charge in [0.1, 0.15) is 23.5 Å². The number of hydrogen-bond donors (Lipinski definition) is 3. The van der Waals surface area contributed by atoms with E-state index in [1.54, 1.807) is 30.9 Å². The van der Waals surface area contributed by atoms with Gasteiger partial charge in [-0.15, -0.1) is 0 Å². The number of carboxylic acid groups (broad SMARTS) is 1. The summed E-state index contributed by atoms with van der Waals surface area (Å²) in [5, 5.41) is 15.2. The van der Waals surface area contributed by atoms with Gasteiger partial charge in [-0.1, -0.05) is 13.8 Å². The van der Waals surface area contributed by atoms with Crippen LogP contribution in [0.3, 0.4) is 0 Å². The fraction of sp³-hybridized carbons (Fsp3) is 0.450. The van der Waals surface area contributed by atoms with Crippen LogP contribution in [0.5, 0.6) is 5.75 Å². The van der Waals surface area contributed by atoms with Gasteiger partial charge in [0.05, 0.1) is 7.11 Å². The summed E-state index contributed by atoms with van der Waals surface area (Å²) in [7, 11) is 3.33. The van der Waals surface area contributed by atoms with Gasteiger partial charge in [-0.25, -0.2) is 4.79 Å². The first-order chi connectivity index (χ1) is 13.1. The Morgan fingerprint density at radius 3 is 2.39 bits per heavy atom. The Kier molecular flexibility index (Phi) is 6.66. The molecular formula is C20H27N3O5. The van der Waals surface area contributed by atoms with E-state index in [4.69, 9.17) is 4.74 Å². The second-order valence-electron chi connectivity index (χ2n) is 7.24. The molecule has 0 spiro atoms. The topological polar surface area (TPSA) is 110 Å². The predicted octanol–water partition coefficient (Wildman–Crippen LogP) is 1.92. The van der Waals surface area contributed by atoms with Crippen LogP contribution in [0.1, 0.15) is 37.7 Å². The molecule has 1 aromatic heterocycles. The van der Waals surface area contributed by atoms with E-state index in [9.17, 15) is 19.5 Å². The highest BCUT2D eigenvalue weighted by Gasteiger charge is 2.25.